The van der Waals surface area contributed by atoms with E-state index in [1.165, 1.54) is 17.8 Å². The zero-order valence-corrected chi connectivity index (χ0v) is 16.2. The summed E-state index contributed by atoms with van der Waals surface area (Å²) in [7, 11) is -3.61. The van der Waals surface area contributed by atoms with Crippen LogP contribution < -0.4 is 5.32 Å². The van der Waals surface area contributed by atoms with E-state index < -0.39 is 9.84 Å². The number of hydrogen-bond acceptors (Lipinski definition) is 6. The highest BCUT2D eigenvalue weighted by Crippen LogP contribution is 2.34. The van der Waals surface area contributed by atoms with E-state index >= 15 is 0 Å². The quantitative estimate of drug-likeness (QED) is 0.824. The van der Waals surface area contributed by atoms with Crippen molar-refractivity contribution in [3.05, 3.63) is 18.2 Å². The number of carbonyl (C=O) groups excluding carboxylic acids is 2. The Morgan fingerprint density at radius 2 is 2.08 bits per heavy atom. The molecule has 9 heteroatoms. The van der Waals surface area contributed by atoms with E-state index in [-0.39, 0.29) is 34.8 Å². The summed E-state index contributed by atoms with van der Waals surface area (Å²) in [5.41, 5.74) is 0.518. The summed E-state index contributed by atoms with van der Waals surface area (Å²) in [6.45, 7) is 3.81. The molecule has 1 aromatic rings. The maximum atomic E-state index is 12.6. The third kappa shape index (κ3) is 4.39. The summed E-state index contributed by atoms with van der Waals surface area (Å²) in [6.07, 6.45) is -0.0580. The van der Waals surface area contributed by atoms with Crippen molar-refractivity contribution < 1.29 is 22.7 Å². The van der Waals surface area contributed by atoms with Crippen LogP contribution in [0, 0.1) is 5.92 Å². The molecule has 7 nitrogen and oxygen atoms in total. The highest BCUT2D eigenvalue weighted by molar-refractivity contribution is 7.99. The van der Waals surface area contributed by atoms with Gasteiger partial charge in [-0.05, 0) is 18.2 Å². The van der Waals surface area contributed by atoms with Gasteiger partial charge in [-0.3, -0.25) is 9.59 Å². The van der Waals surface area contributed by atoms with Crippen LogP contribution in [0.25, 0.3) is 0 Å². The van der Waals surface area contributed by atoms with Crippen LogP contribution in [-0.4, -0.2) is 62.9 Å². The Hall–Kier alpha value is -1.58. The number of rotatable bonds is 4. The monoisotopic (exact) mass is 398 g/mol. The molecule has 1 fully saturated rings. The number of nitrogens with one attached hydrogen (secondary N) is 1. The molecular formula is C17H22N2O5S2. The number of carbonyl (C=O) groups is 2. The Morgan fingerprint density at radius 3 is 2.81 bits per heavy atom. The van der Waals surface area contributed by atoms with Crippen LogP contribution in [0.15, 0.2) is 28.0 Å². The second-order valence-corrected chi connectivity index (χ2v) is 9.59. The van der Waals surface area contributed by atoms with Crippen molar-refractivity contribution in [2.75, 3.05) is 43.1 Å². The predicted molar refractivity (Wildman–Crippen MR) is 99.0 cm³/mol. The first-order chi connectivity index (χ1) is 12.4. The first kappa shape index (κ1) is 19.2. The van der Waals surface area contributed by atoms with Gasteiger partial charge in [0.05, 0.1) is 29.5 Å². The van der Waals surface area contributed by atoms with E-state index in [1.54, 1.807) is 17.0 Å². The molecule has 1 atom stereocenters. The van der Waals surface area contributed by atoms with Crippen LogP contribution in [0.3, 0.4) is 0 Å². The van der Waals surface area contributed by atoms with Gasteiger partial charge in [-0.25, -0.2) is 8.42 Å². The molecule has 0 spiro atoms. The number of benzene rings is 1. The number of amides is 2. The van der Waals surface area contributed by atoms with Crippen LogP contribution in [-0.2, 0) is 24.2 Å². The minimum absolute atomic E-state index is 0.0580. The molecule has 0 radical (unpaired) electrons. The Morgan fingerprint density at radius 1 is 1.35 bits per heavy atom. The maximum absolute atomic E-state index is 12.6. The van der Waals surface area contributed by atoms with Crippen molar-refractivity contribution in [1.82, 2.24) is 4.90 Å². The van der Waals surface area contributed by atoms with Gasteiger partial charge >= 0.3 is 0 Å². The van der Waals surface area contributed by atoms with Gasteiger partial charge in [0.1, 0.15) is 0 Å². The van der Waals surface area contributed by atoms with Gasteiger partial charge in [-0.2, -0.15) is 0 Å². The van der Waals surface area contributed by atoms with Gasteiger partial charge in [0, 0.05) is 36.1 Å². The molecule has 0 bridgehead atoms. The minimum atomic E-state index is -3.61. The number of anilines is 1. The zero-order chi connectivity index (χ0) is 18.7. The normalized spacial score (nSPS) is 20.9. The first-order valence-corrected chi connectivity index (χ1v) is 11.2. The molecule has 0 aromatic heterocycles. The molecule has 3 rings (SSSR count). The molecule has 142 valence electrons. The molecule has 0 saturated carbocycles. The van der Waals surface area contributed by atoms with E-state index in [1.807, 2.05) is 6.92 Å². The van der Waals surface area contributed by atoms with Crippen molar-refractivity contribution >= 4 is 39.1 Å². The Labute approximate surface area is 157 Å². The summed E-state index contributed by atoms with van der Waals surface area (Å²) in [5.74, 6) is -0.0328. The third-order valence-electron chi connectivity index (χ3n) is 4.45. The van der Waals surface area contributed by atoms with E-state index in [0.29, 0.717) is 37.7 Å². The van der Waals surface area contributed by atoms with Crippen molar-refractivity contribution in [3.63, 3.8) is 0 Å². The van der Waals surface area contributed by atoms with Crippen LogP contribution >= 0.6 is 11.8 Å². The molecule has 1 aromatic carbocycles. The number of hydrogen-bond donors (Lipinski definition) is 1. The standard InChI is InChI=1S/C17H22N2O5S2/c1-12-11-25-15-3-2-13(10-14(15)18-17(12)21)26(22,23)9-4-16(20)19-5-7-24-8-6-19/h2-3,10,12H,4-9,11H2,1H3,(H,18,21). The summed E-state index contributed by atoms with van der Waals surface area (Å²) in [5, 5.41) is 2.79. The molecule has 1 saturated heterocycles. The van der Waals surface area contributed by atoms with Crippen LogP contribution in [0.1, 0.15) is 13.3 Å². The fourth-order valence-corrected chi connectivity index (χ4v) is 5.05. The lowest BCUT2D eigenvalue weighted by Gasteiger charge is -2.26. The molecule has 2 heterocycles. The summed E-state index contributed by atoms with van der Waals surface area (Å²) >= 11 is 1.53. The Balaban J connectivity index is 1.70. The van der Waals surface area contributed by atoms with Crippen LogP contribution in [0.5, 0.6) is 0 Å². The molecule has 1 N–H and O–H groups in total. The number of sulfone groups is 1. The van der Waals surface area contributed by atoms with E-state index in [2.05, 4.69) is 5.32 Å². The largest absolute Gasteiger partial charge is 0.378 e. The average molecular weight is 399 g/mol. The van der Waals surface area contributed by atoms with Gasteiger partial charge in [0.2, 0.25) is 11.8 Å². The Bertz CT molecular complexity index is 803. The fraction of sp³-hybridized carbons (Fsp3) is 0.529. The van der Waals surface area contributed by atoms with Gasteiger partial charge in [-0.1, -0.05) is 6.92 Å². The van der Waals surface area contributed by atoms with Crippen molar-refractivity contribution in [1.29, 1.82) is 0 Å². The molecule has 1 unspecified atom stereocenters. The van der Waals surface area contributed by atoms with Crippen molar-refractivity contribution in [3.8, 4) is 0 Å². The summed E-state index contributed by atoms with van der Waals surface area (Å²) < 4.78 is 30.4. The lowest BCUT2D eigenvalue weighted by molar-refractivity contribution is -0.134. The summed E-state index contributed by atoms with van der Waals surface area (Å²) in [4.78, 5) is 26.8. The van der Waals surface area contributed by atoms with E-state index in [0.717, 1.165) is 4.90 Å². The van der Waals surface area contributed by atoms with Crippen molar-refractivity contribution in [2.45, 2.75) is 23.1 Å². The van der Waals surface area contributed by atoms with E-state index in [4.69, 9.17) is 4.74 Å². The molecule has 2 aliphatic heterocycles. The smallest absolute Gasteiger partial charge is 0.228 e. The SMILES string of the molecule is CC1CSc2ccc(S(=O)(=O)CCC(=O)N3CCOCC3)cc2NC1=O. The molecular weight excluding hydrogens is 376 g/mol. The summed E-state index contributed by atoms with van der Waals surface area (Å²) in [6, 6.07) is 4.75. The molecule has 0 aliphatic carbocycles. The van der Waals surface area contributed by atoms with E-state index in [9.17, 15) is 18.0 Å². The first-order valence-electron chi connectivity index (χ1n) is 8.53. The second-order valence-electron chi connectivity index (χ2n) is 6.42. The minimum Gasteiger partial charge on any atom is -0.378 e. The van der Waals surface area contributed by atoms with Gasteiger partial charge in [0.25, 0.3) is 0 Å². The number of fused-ring (bicyclic) bond motifs is 1. The zero-order valence-electron chi connectivity index (χ0n) is 14.6. The lowest BCUT2D eigenvalue weighted by atomic mass is 10.2. The predicted octanol–water partition coefficient (Wildman–Crippen LogP) is 1.39. The molecule has 2 amide bonds. The number of thioether (sulfide) groups is 1. The van der Waals surface area contributed by atoms with Gasteiger partial charge in [-0.15, -0.1) is 11.8 Å². The van der Waals surface area contributed by atoms with Crippen molar-refractivity contribution in [2.24, 2.45) is 5.92 Å². The highest BCUT2D eigenvalue weighted by Gasteiger charge is 2.24. The van der Waals surface area contributed by atoms with Crippen LogP contribution in [0.2, 0.25) is 0 Å². The van der Waals surface area contributed by atoms with Gasteiger partial charge in [0.15, 0.2) is 9.84 Å². The highest BCUT2D eigenvalue weighted by atomic mass is 32.2. The second kappa shape index (κ2) is 7.98. The van der Waals surface area contributed by atoms with Gasteiger partial charge < -0.3 is 15.0 Å². The average Bonchev–Trinajstić information content (AvgIpc) is 2.78. The lowest BCUT2D eigenvalue weighted by Crippen LogP contribution is -2.41. The number of nitrogens with zero attached hydrogens (tertiary/aromatic N) is 1. The third-order valence-corrected chi connectivity index (χ3v) is 7.50. The fourth-order valence-electron chi connectivity index (χ4n) is 2.78. The maximum Gasteiger partial charge on any atom is 0.228 e. The molecule has 2 aliphatic rings. The molecule has 26 heavy (non-hydrogen) atoms. The van der Waals surface area contributed by atoms with Crippen LogP contribution in [0.4, 0.5) is 5.69 Å². The topological polar surface area (TPSA) is 92.8 Å². The number of morpholine rings is 1. The number of ether oxygens (including phenoxy) is 1. The Kier molecular flexibility index (Phi) is 5.89.